The second kappa shape index (κ2) is 7.26. The van der Waals surface area contributed by atoms with Gasteiger partial charge >= 0.3 is 5.97 Å². The minimum absolute atomic E-state index is 0.262. The zero-order chi connectivity index (χ0) is 19.8. The van der Waals surface area contributed by atoms with E-state index in [2.05, 4.69) is 5.32 Å². The molecular weight excluding hydrogens is 364 g/mol. The Labute approximate surface area is 162 Å². The number of anilines is 1. The zero-order valence-corrected chi connectivity index (χ0v) is 15.6. The summed E-state index contributed by atoms with van der Waals surface area (Å²) < 4.78 is 9.99. The highest BCUT2D eigenvalue weighted by Gasteiger charge is 2.61. The molecule has 2 bridgehead atoms. The number of hydrogen-bond acceptors (Lipinski definition) is 6. The molecule has 2 saturated carbocycles. The summed E-state index contributed by atoms with van der Waals surface area (Å²) in [6.07, 6.45) is 2.90. The quantitative estimate of drug-likeness (QED) is 0.582. The summed E-state index contributed by atoms with van der Waals surface area (Å²) in [7, 11) is 1.54. The van der Waals surface area contributed by atoms with E-state index in [9.17, 15) is 19.2 Å². The molecule has 1 N–H and O–H groups in total. The van der Waals surface area contributed by atoms with Gasteiger partial charge < -0.3 is 14.8 Å². The second-order valence-electron chi connectivity index (χ2n) is 7.58. The fourth-order valence-corrected chi connectivity index (χ4v) is 4.82. The molecule has 0 unspecified atom stereocenters. The van der Waals surface area contributed by atoms with Gasteiger partial charge in [0.15, 0.2) is 6.61 Å². The number of hydrogen-bond donors (Lipinski definition) is 1. The molecule has 28 heavy (non-hydrogen) atoms. The predicted molar refractivity (Wildman–Crippen MR) is 97.1 cm³/mol. The van der Waals surface area contributed by atoms with Gasteiger partial charge in [0.05, 0.1) is 18.9 Å². The number of fused-ring (bicyclic) bond motifs is 5. The van der Waals surface area contributed by atoms with Crippen molar-refractivity contribution < 1.29 is 28.7 Å². The minimum Gasteiger partial charge on any atom is -0.497 e. The molecule has 3 aliphatic rings. The van der Waals surface area contributed by atoms with Crippen molar-refractivity contribution in [1.82, 2.24) is 4.90 Å². The average Bonchev–Trinajstić information content (AvgIpc) is 3.37. The number of imide groups is 1. The summed E-state index contributed by atoms with van der Waals surface area (Å²) in [5, 5.41) is 2.59. The van der Waals surface area contributed by atoms with E-state index >= 15 is 0 Å². The highest BCUT2D eigenvalue weighted by molar-refractivity contribution is 6.07. The average molecular weight is 386 g/mol. The molecule has 1 saturated heterocycles. The molecular formula is C20H22N2O6. The number of esters is 1. The fraction of sp³-hybridized carbons (Fsp3) is 0.500. The highest BCUT2D eigenvalue weighted by atomic mass is 16.5. The Morgan fingerprint density at radius 1 is 1.07 bits per heavy atom. The maximum Gasteiger partial charge on any atom is 0.326 e. The van der Waals surface area contributed by atoms with Crippen molar-refractivity contribution in [2.24, 2.45) is 23.7 Å². The number of nitrogens with one attached hydrogen (secondary N) is 1. The molecule has 3 amide bonds. The van der Waals surface area contributed by atoms with Crippen molar-refractivity contribution in [3.05, 3.63) is 24.3 Å². The normalized spacial score (nSPS) is 27.7. The molecule has 8 heteroatoms. The second-order valence-corrected chi connectivity index (χ2v) is 7.58. The van der Waals surface area contributed by atoms with Gasteiger partial charge in [-0.3, -0.25) is 24.1 Å². The number of carbonyl (C=O) groups excluding carboxylic acids is 4. The Hall–Kier alpha value is -2.90. The Kier molecular flexibility index (Phi) is 4.78. The van der Waals surface area contributed by atoms with Crippen molar-refractivity contribution in [2.75, 3.05) is 25.6 Å². The number of nitrogens with zero attached hydrogens (tertiary/aromatic N) is 1. The van der Waals surface area contributed by atoms with Crippen LogP contribution >= 0.6 is 0 Å². The first kappa shape index (κ1) is 18.5. The number of likely N-dealkylation sites (tertiary alicyclic amines) is 1. The first-order chi connectivity index (χ1) is 13.5. The lowest BCUT2D eigenvalue weighted by molar-refractivity contribution is -0.154. The molecule has 4 atom stereocenters. The Balaban J connectivity index is 1.27. The van der Waals surface area contributed by atoms with Crippen LogP contribution in [0.1, 0.15) is 19.3 Å². The van der Waals surface area contributed by atoms with Crippen molar-refractivity contribution in [2.45, 2.75) is 19.3 Å². The zero-order valence-electron chi connectivity index (χ0n) is 15.6. The summed E-state index contributed by atoms with van der Waals surface area (Å²) in [4.78, 5) is 50.1. The number of methoxy groups -OCH3 is 1. The molecule has 4 rings (SSSR count). The van der Waals surface area contributed by atoms with Gasteiger partial charge in [-0.2, -0.15) is 0 Å². The molecule has 1 aromatic carbocycles. The summed E-state index contributed by atoms with van der Waals surface area (Å²) in [5.41, 5.74) is 0.537. The van der Waals surface area contributed by atoms with Crippen LogP contribution in [0.15, 0.2) is 24.3 Å². The monoisotopic (exact) mass is 386 g/mol. The lowest BCUT2D eigenvalue weighted by atomic mass is 9.81. The molecule has 1 aromatic rings. The van der Waals surface area contributed by atoms with Gasteiger partial charge in [-0.15, -0.1) is 0 Å². The van der Waals surface area contributed by atoms with Crippen LogP contribution in [0.25, 0.3) is 0 Å². The van der Waals surface area contributed by atoms with Crippen LogP contribution in [0.2, 0.25) is 0 Å². The van der Waals surface area contributed by atoms with Crippen LogP contribution in [0.5, 0.6) is 5.75 Å². The van der Waals surface area contributed by atoms with Gasteiger partial charge in [0.1, 0.15) is 12.3 Å². The third kappa shape index (κ3) is 3.23. The van der Waals surface area contributed by atoms with E-state index in [1.54, 1.807) is 31.4 Å². The van der Waals surface area contributed by atoms with Crippen LogP contribution < -0.4 is 10.1 Å². The first-order valence-electron chi connectivity index (χ1n) is 9.42. The molecule has 1 heterocycles. The van der Waals surface area contributed by atoms with Crippen LogP contribution in [-0.2, 0) is 23.9 Å². The molecule has 1 aliphatic heterocycles. The number of amides is 3. The molecule has 3 fully saturated rings. The van der Waals surface area contributed by atoms with Gasteiger partial charge in [-0.1, -0.05) is 0 Å². The molecule has 0 spiro atoms. The summed E-state index contributed by atoms with van der Waals surface area (Å²) in [6, 6.07) is 6.70. The molecule has 0 aromatic heterocycles. The van der Waals surface area contributed by atoms with Crippen molar-refractivity contribution in [3.63, 3.8) is 0 Å². The smallest absolute Gasteiger partial charge is 0.326 e. The van der Waals surface area contributed by atoms with E-state index in [1.165, 1.54) is 0 Å². The third-order valence-electron chi connectivity index (χ3n) is 6.04. The molecule has 8 nitrogen and oxygen atoms in total. The van der Waals surface area contributed by atoms with Gasteiger partial charge in [0.2, 0.25) is 11.8 Å². The minimum atomic E-state index is -0.765. The Bertz CT molecular complexity index is 792. The Morgan fingerprint density at radius 3 is 2.25 bits per heavy atom. The number of carbonyl (C=O) groups is 4. The predicted octanol–water partition coefficient (Wildman–Crippen LogP) is 1.21. The van der Waals surface area contributed by atoms with Crippen LogP contribution in [-0.4, -0.2) is 48.9 Å². The maximum atomic E-state index is 12.6. The van der Waals surface area contributed by atoms with Crippen LogP contribution in [0.3, 0.4) is 0 Å². The van der Waals surface area contributed by atoms with E-state index in [4.69, 9.17) is 9.47 Å². The van der Waals surface area contributed by atoms with Crippen LogP contribution in [0, 0.1) is 23.7 Å². The maximum absolute atomic E-state index is 12.6. The van der Waals surface area contributed by atoms with E-state index in [0.717, 1.165) is 24.2 Å². The van der Waals surface area contributed by atoms with E-state index in [-0.39, 0.29) is 35.5 Å². The standard InChI is InChI=1S/C20H22N2O6/c1-27-14-6-4-13(5-7-14)21-15(23)10-28-16(24)9-22-19(25)17-11-2-3-12(8-11)18(17)20(22)26/h4-7,11-12,17-18H,2-3,8-10H2,1H3,(H,21,23)/t11-,12-,17-,18+/m0/s1. The largest absolute Gasteiger partial charge is 0.497 e. The number of rotatable bonds is 6. The highest BCUT2D eigenvalue weighted by Crippen LogP contribution is 2.56. The number of benzene rings is 1. The van der Waals surface area contributed by atoms with Crippen LogP contribution in [0.4, 0.5) is 5.69 Å². The van der Waals surface area contributed by atoms with Gasteiger partial charge in [-0.25, -0.2) is 0 Å². The summed E-state index contributed by atoms with van der Waals surface area (Å²) in [5.74, 6) is -1.14. The van der Waals surface area contributed by atoms with Crippen molar-refractivity contribution >= 4 is 29.4 Å². The summed E-state index contributed by atoms with van der Waals surface area (Å²) >= 11 is 0. The topological polar surface area (TPSA) is 102 Å². The first-order valence-corrected chi connectivity index (χ1v) is 9.42. The van der Waals surface area contributed by atoms with E-state index < -0.39 is 25.0 Å². The molecule has 2 aliphatic carbocycles. The van der Waals surface area contributed by atoms with Gasteiger partial charge in [-0.05, 0) is 55.4 Å². The molecule has 0 radical (unpaired) electrons. The number of ether oxygens (including phenoxy) is 2. The van der Waals surface area contributed by atoms with Gasteiger partial charge in [0.25, 0.3) is 5.91 Å². The van der Waals surface area contributed by atoms with E-state index in [0.29, 0.717) is 11.4 Å². The lowest BCUT2D eigenvalue weighted by Crippen LogP contribution is -2.38. The fourth-order valence-electron chi connectivity index (χ4n) is 4.82. The van der Waals surface area contributed by atoms with E-state index in [1.807, 2.05) is 0 Å². The third-order valence-corrected chi connectivity index (χ3v) is 6.04. The lowest BCUT2D eigenvalue weighted by Gasteiger charge is -2.19. The van der Waals surface area contributed by atoms with Gasteiger partial charge in [0, 0.05) is 5.69 Å². The van der Waals surface area contributed by atoms with Crippen molar-refractivity contribution in [3.8, 4) is 5.75 Å². The van der Waals surface area contributed by atoms with Crippen molar-refractivity contribution in [1.29, 1.82) is 0 Å². The SMILES string of the molecule is COc1ccc(NC(=O)COC(=O)CN2C(=O)[C@@H]3[C@H]4CC[C@@H](C4)[C@@H]3C2=O)cc1. The summed E-state index contributed by atoms with van der Waals surface area (Å²) in [6.45, 7) is -0.918. The Morgan fingerprint density at radius 2 is 1.68 bits per heavy atom. The molecule has 148 valence electrons.